The molecule has 3 heterocycles. The fraction of sp³-hybridized carbons (Fsp3) is 0.405. The summed E-state index contributed by atoms with van der Waals surface area (Å²) in [5, 5.41) is 8.95. The molecular weight excluding hydrogens is 549 g/mol. The largest absolute Gasteiger partial charge is 0.450 e. The first-order chi connectivity index (χ1) is 21.2. The van der Waals surface area contributed by atoms with Gasteiger partial charge >= 0.3 is 0 Å². The van der Waals surface area contributed by atoms with Gasteiger partial charge in [0.1, 0.15) is 11.5 Å². The van der Waals surface area contributed by atoms with Crippen molar-refractivity contribution < 1.29 is 9.13 Å². The second-order valence-corrected chi connectivity index (χ2v) is 12.0. The molecule has 0 bridgehead atoms. The topological polar surface area (TPSA) is 43.0 Å². The van der Waals surface area contributed by atoms with Gasteiger partial charge < -0.3 is 30.1 Å². The maximum atomic E-state index is 15.5. The van der Waals surface area contributed by atoms with E-state index in [4.69, 9.17) is 4.74 Å². The molecule has 7 heteroatoms. The van der Waals surface area contributed by atoms with Crippen molar-refractivity contribution >= 4 is 16.5 Å². The first kappa shape index (κ1) is 31.6. The number of allylic oxidation sites excluding steroid dienone is 3. The third-order valence-corrected chi connectivity index (χ3v) is 9.11. The first-order valence-electron chi connectivity index (χ1n) is 16.0. The van der Waals surface area contributed by atoms with Crippen LogP contribution in [0.25, 0.3) is 10.8 Å². The van der Waals surface area contributed by atoms with Crippen molar-refractivity contribution in [2.75, 3.05) is 51.2 Å². The van der Waals surface area contributed by atoms with Gasteiger partial charge in [0.15, 0.2) is 11.5 Å². The highest BCUT2D eigenvalue weighted by molar-refractivity contribution is 5.96. The molecule has 2 aromatic carbocycles. The number of hydrogen-bond acceptors (Lipinski definition) is 6. The van der Waals surface area contributed by atoms with Crippen LogP contribution in [0.1, 0.15) is 46.5 Å². The third kappa shape index (κ3) is 6.35. The lowest BCUT2D eigenvalue weighted by Crippen LogP contribution is -2.35. The van der Waals surface area contributed by atoms with E-state index in [0.29, 0.717) is 41.1 Å². The first-order valence-corrected chi connectivity index (χ1v) is 16.0. The molecule has 1 fully saturated rings. The molecule has 0 amide bonds. The summed E-state index contributed by atoms with van der Waals surface area (Å²) in [5.41, 5.74) is 4.98. The van der Waals surface area contributed by atoms with Crippen LogP contribution < -0.4 is 20.3 Å². The van der Waals surface area contributed by atoms with Crippen molar-refractivity contribution in [2.24, 2.45) is 0 Å². The van der Waals surface area contributed by atoms with Gasteiger partial charge in [0.25, 0.3) is 0 Å². The molecular formula is C37H48FN5O. The molecule has 0 radical (unpaired) electrons. The van der Waals surface area contributed by atoms with Gasteiger partial charge in [-0.15, -0.1) is 0 Å². The minimum absolute atomic E-state index is 0.331. The van der Waals surface area contributed by atoms with Crippen molar-refractivity contribution in [3.63, 3.8) is 0 Å². The molecule has 234 valence electrons. The number of hydrogen-bond donors (Lipinski definition) is 2. The Balaban J connectivity index is 1.52. The Labute approximate surface area is 262 Å². The monoisotopic (exact) mass is 597 g/mol. The number of nitrogens with zero attached hydrogens (tertiary/aromatic N) is 3. The highest BCUT2D eigenvalue weighted by Gasteiger charge is 2.36. The maximum Gasteiger partial charge on any atom is 0.177 e. The normalized spacial score (nSPS) is 19.1. The highest BCUT2D eigenvalue weighted by Crippen LogP contribution is 2.49. The lowest BCUT2D eigenvalue weighted by molar-refractivity contribution is 0.291. The molecule has 0 aliphatic carbocycles. The van der Waals surface area contributed by atoms with Crippen LogP contribution >= 0.6 is 0 Å². The second-order valence-electron chi connectivity index (χ2n) is 12.0. The summed E-state index contributed by atoms with van der Waals surface area (Å²) in [4.78, 5) is 6.88. The molecule has 1 saturated heterocycles. The summed E-state index contributed by atoms with van der Waals surface area (Å²) >= 11 is 0. The van der Waals surface area contributed by atoms with Crippen molar-refractivity contribution in [1.29, 1.82) is 0 Å². The Morgan fingerprint density at radius 1 is 1.07 bits per heavy atom. The van der Waals surface area contributed by atoms with E-state index in [2.05, 4.69) is 84.2 Å². The summed E-state index contributed by atoms with van der Waals surface area (Å²) in [5.74, 6) is 0.778. The number of anilines is 1. The minimum atomic E-state index is -0.331. The number of rotatable bonds is 13. The van der Waals surface area contributed by atoms with Crippen LogP contribution in [0.3, 0.4) is 0 Å². The Morgan fingerprint density at radius 3 is 2.57 bits per heavy atom. The zero-order valence-corrected chi connectivity index (χ0v) is 26.9. The third-order valence-electron chi connectivity index (χ3n) is 9.11. The average Bonchev–Trinajstić information content (AvgIpc) is 3.43. The molecule has 44 heavy (non-hydrogen) atoms. The van der Waals surface area contributed by atoms with E-state index in [-0.39, 0.29) is 5.83 Å². The van der Waals surface area contributed by atoms with Crippen LogP contribution in [-0.4, -0.2) is 62.2 Å². The molecule has 0 saturated carbocycles. The Hall–Kier alpha value is -3.81. The number of halogens is 1. The van der Waals surface area contributed by atoms with Crippen LogP contribution in [0.5, 0.6) is 5.75 Å². The van der Waals surface area contributed by atoms with Gasteiger partial charge in [-0.25, -0.2) is 4.39 Å². The van der Waals surface area contributed by atoms with Crippen molar-refractivity contribution in [1.82, 2.24) is 20.4 Å². The molecule has 0 aromatic heterocycles. The van der Waals surface area contributed by atoms with E-state index in [1.54, 1.807) is 0 Å². The van der Waals surface area contributed by atoms with E-state index >= 15 is 4.39 Å². The maximum absolute atomic E-state index is 15.5. The van der Waals surface area contributed by atoms with Crippen molar-refractivity contribution in [3.8, 4) is 5.75 Å². The summed E-state index contributed by atoms with van der Waals surface area (Å²) < 4.78 is 22.2. The second kappa shape index (κ2) is 13.9. The highest BCUT2D eigenvalue weighted by atomic mass is 19.1. The van der Waals surface area contributed by atoms with Gasteiger partial charge in [-0.05, 0) is 76.3 Å². The van der Waals surface area contributed by atoms with E-state index in [0.717, 1.165) is 78.9 Å². The predicted octanol–water partition coefficient (Wildman–Crippen LogP) is 7.37. The number of likely N-dealkylation sites (N-methyl/N-ethyl adjacent to an activating group) is 1. The van der Waals surface area contributed by atoms with Gasteiger partial charge in [-0.2, -0.15) is 0 Å². The van der Waals surface area contributed by atoms with Crippen LogP contribution in [0.15, 0.2) is 108 Å². The van der Waals surface area contributed by atoms with Crippen LogP contribution in [-0.2, 0) is 0 Å². The molecule has 1 atom stereocenters. The standard InChI is InChI=1S/C37H48FN5O/c1-8-21-42(9-2)23-20-39-28(6)32-24-43-33-17-16-29-13-10-11-15-31(29)36(33)44-37(35(43)26(4)25(32)3)34(27(5)38)40-19-18-30-14-12-22-41(30)7/h10-11,13,15-17,24,30,39-40H,3-4,6,8-9,12,14,18-23H2,1-2,5,7H3/b34-27-. The lowest BCUT2D eigenvalue weighted by atomic mass is 9.90. The molecule has 2 N–H and O–H groups in total. The Bertz CT molecular complexity index is 1530. The molecule has 1 unspecified atom stereocenters. The quantitative estimate of drug-likeness (QED) is 0.251. The molecule has 3 aliphatic rings. The summed E-state index contributed by atoms with van der Waals surface area (Å²) in [7, 11) is 2.17. The molecule has 2 aromatic rings. The zero-order chi connectivity index (χ0) is 31.4. The van der Waals surface area contributed by atoms with Gasteiger partial charge in [0.05, 0.1) is 11.4 Å². The van der Waals surface area contributed by atoms with Gasteiger partial charge in [0, 0.05) is 54.1 Å². The molecule has 5 rings (SSSR count). The zero-order valence-electron chi connectivity index (χ0n) is 26.9. The van der Waals surface area contributed by atoms with Crippen LogP contribution in [0.2, 0.25) is 0 Å². The fourth-order valence-electron chi connectivity index (χ4n) is 6.54. The van der Waals surface area contributed by atoms with E-state index in [1.807, 2.05) is 24.4 Å². The van der Waals surface area contributed by atoms with Gasteiger partial charge in [0.2, 0.25) is 0 Å². The smallest absolute Gasteiger partial charge is 0.177 e. The van der Waals surface area contributed by atoms with E-state index in [9.17, 15) is 0 Å². The minimum Gasteiger partial charge on any atom is -0.450 e. The lowest BCUT2D eigenvalue weighted by Gasteiger charge is -2.39. The SMILES string of the molecule is C=C(NCCN(CC)CCC)C1=CN2C(=C(/C(NCCC3CCCN3C)=C(\C)F)Oc3c2ccc2ccccc32)C(=C)C1=C. The summed E-state index contributed by atoms with van der Waals surface area (Å²) in [6.45, 7) is 24.7. The summed E-state index contributed by atoms with van der Waals surface area (Å²) in [6.07, 6.45) is 6.47. The summed E-state index contributed by atoms with van der Waals surface area (Å²) in [6, 6.07) is 12.8. The number of ether oxygens (including phenoxy) is 1. The number of benzene rings is 2. The molecule has 3 aliphatic heterocycles. The van der Waals surface area contributed by atoms with Gasteiger partial charge in [-0.3, -0.25) is 0 Å². The van der Waals surface area contributed by atoms with E-state index < -0.39 is 0 Å². The van der Waals surface area contributed by atoms with Crippen LogP contribution in [0.4, 0.5) is 10.1 Å². The fourth-order valence-corrected chi connectivity index (χ4v) is 6.54. The number of nitrogens with one attached hydrogen (secondary N) is 2. The van der Waals surface area contributed by atoms with Crippen LogP contribution in [0, 0.1) is 0 Å². The average molecular weight is 598 g/mol. The Kier molecular flexibility index (Phi) is 9.97. The van der Waals surface area contributed by atoms with Crippen molar-refractivity contribution in [3.05, 3.63) is 108 Å². The van der Waals surface area contributed by atoms with Crippen molar-refractivity contribution in [2.45, 2.75) is 52.5 Å². The predicted molar refractivity (Wildman–Crippen MR) is 182 cm³/mol. The number of likely N-dealkylation sites (tertiary alicyclic amines) is 1. The Morgan fingerprint density at radius 2 is 1.86 bits per heavy atom. The van der Waals surface area contributed by atoms with Gasteiger partial charge in [-0.1, -0.05) is 63.9 Å². The molecule has 6 nitrogen and oxygen atoms in total. The molecule has 0 spiro atoms. The number of fused-ring (bicyclic) bond motifs is 5. The van der Waals surface area contributed by atoms with E-state index in [1.165, 1.54) is 19.8 Å².